The van der Waals surface area contributed by atoms with Gasteiger partial charge in [-0.15, -0.1) is 0 Å². The van der Waals surface area contributed by atoms with E-state index in [0.717, 1.165) is 24.0 Å². The number of alkyl halides is 1. The molecule has 0 bridgehead atoms. The second kappa shape index (κ2) is 15.6. The average molecular weight is 641 g/mol. The monoisotopic (exact) mass is 640 g/mol. The highest BCUT2D eigenvalue weighted by atomic mass is 32.2. The zero-order valence-corrected chi connectivity index (χ0v) is 25.7. The fourth-order valence-corrected chi connectivity index (χ4v) is 6.10. The molecule has 16 nitrogen and oxygen atoms in total. The molecule has 19 heteroatoms. The number of halogens is 1. The summed E-state index contributed by atoms with van der Waals surface area (Å²) in [5.74, 6) is 0.0426. The number of rotatable bonds is 17. The summed E-state index contributed by atoms with van der Waals surface area (Å²) in [6.07, 6.45) is -5.22. The lowest BCUT2D eigenvalue weighted by atomic mass is 9.97. The van der Waals surface area contributed by atoms with Crippen LogP contribution in [0.2, 0.25) is 0 Å². The summed E-state index contributed by atoms with van der Waals surface area (Å²) in [5, 5.41) is 26.0. The largest absolute Gasteiger partial charge is 0.405 e. The van der Waals surface area contributed by atoms with E-state index in [-0.39, 0.29) is 36.8 Å². The number of ether oxygens (including phenoxy) is 2. The molecule has 42 heavy (non-hydrogen) atoms. The lowest BCUT2D eigenvalue weighted by Gasteiger charge is -2.32. The predicted octanol–water partition coefficient (Wildman–Crippen LogP) is 1.64. The third-order valence-corrected chi connectivity index (χ3v) is 8.99. The van der Waals surface area contributed by atoms with Gasteiger partial charge in [0.15, 0.2) is 17.5 Å². The average Bonchev–Trinajstić information content (AvgIpc) is 3.17. The molecule has 1 fully saturated rings. The first-order valence-electron chi connectivity index (χ1n) is 13.0. The predicted molar refractivity (Wildman–Crippen MR) is 151 cm³/mol. The van der Waals surface area contributed by atoms with E-state index in [9.17, 15) is 29.2 Å². The van der Waals surface area contributed by atoms with E-state index in [4.69, 9.17) is 24.1 Å². The van der Waals surface area contributed by atoms with Crippen molar-refractivity contribution in [3.8, 4) is 0 Å². The lowest BCUT2D eigenvalue weighted by molar-refractivity contribution is -0.120. The number of aliphatic hydroxyl groups excluding tert-OH is 2. The Morgan fingerprint density at radius 2 is 2.10 bits per heavy atom. The SMILES string of the molecule is CC(COC(C)C)NP(=O)(OCCSC(=O)C(C)(C)CO)OC[C@@]1(CN=[N+]=[N-])O[C@@H](n2ccc(=O)[nH]c2=O)[C@H](F)[C@@H]1O. The van der Waals surface area contributed by atoms with E-state index in [1.807, 2.05) is 4.98 Å². The van der Waals surface area contributed by atoms with Crippen molar-refractivity contribution in [1.29, 1.82) is 0 Å². The van der Waals surface area contributed by atoms with Crippen molar-refractivity contribution in [1.82, 2.24) is 14.6 Å². The summed E-state index contributed by atoms with van der Waals surface area (Å²) < 4.78 is 52.2. The maximum Gasteiger partial charge on any atom is 0.405 e. The number of aromatic amines is 1. The minimum absolute atomic E-state index is 0.0426. The molecular weight excluding hydrogens is 602 g/mol. The van der Waals surface area contributed by atoms with E-state index in [1.54, 1.807) is 34.6 Å². The quantitative estimate of drug-likeness (QED) is 0.0626. The van der Waals surface area contributed by atoms with Crippen LogP contribution in [-0.4, -0.2) is 93.6 Å². The van der Waals surface area contributed by atoms with Crippen LogP contribution < -0.4 is 16.3 Å². The third-order valence-electron chi connectivity index (χ3n) is 6.06. The van der Waals surface area contributed by atoms with E-state index in [2.05, 4.69) is 15.1 Å². The second-order valence-electron chi connectivity index (χ2n) is 10.6. The summed E-state index contributed by atoms with van der Waals surface area (Å²) in [7, 11) is -4.29. The van der Waals surface area contributed by atoms with Crippen molar-refractivity contribution < 1.29 is 42.5 Å². The molecule has 0 amide bonds. The first kappa shape index (κ1) is 36.1. The molecule has 4 N–H and O–H groups in total. The van der Waals surface area contributed by atoms with Crippen molar-refractivity contribution in [2.45, 2.75) is 70.9 Å². The number of hydrogen-bond acceptors (Lipinski definition) is 12. The number of aromatic nitrogens is 2. The van der Waals surface area contributed by atoms with E-state index in [0.29, 0.717) is 4.57 Å². The van der Waals surface area contributed by atoms with Crippen LogP contribution >= 0.6 is 19.5 Å². The topological polar surface area (TPSA) is 227 Å². The van der Waals surface area contributed by atoms with Crippen LogP contribution in [0.3, 0.4) is 0 Å². The van der Waals surface area contributed by atoms with E-state index in [1.165, 1.54) is 0 Å². The fraction of sp³-hybridized carbons (Fsp3) is 0.783. The molecule has 1 aromatic heterocycles. The van der Waals surface area contributed by atoms with Gasteiger partial charge < -0.3 is 19.7 Å². The lowest BCUT2D eigenvalue weighted by Crippen LogP contribution is -2.49. The normalized spacial score (nSPS) is 24.7. The van der Waals surface area contributed by atoms with Gasteiger partial charge in [0, 0.05) is 29.0 Å². The van der Waals surface area contributed by atoms with Crippen LogP contribution in [0.25, 0.3) is 10.4 Å². The molecule has 2 heterocycles. The van der Waals surface area contributed by atoms with Crippen molar-refractivity contribution in [2.75, 3.05) is 38.7 Å². The summed E-state index contributed by atoms with van der Waals surface area (Å²) in [6.45, 7) is 6.33. The Labute approximate surface area is 245 Å². The molecule has 6 atom stereocenters. The first-order valence-corrected chi connectivity index (χ1v) is 15.5. The minimum Gasteiger partial charge on any atom is -0.395 e. The van der Waals surface area contributed by atoms with Crippen molar-refractivity contribution in [2.24, 2.45) is 10.5 Å². The van der Waals surface area contributed by atoms with Gasteiger partial charge in [-0.2, -0.15) is 0 Å². The molecule has 2 rings (SSSR count). The van der Waals surface area contributed by atoms with E-state index < -0.39 is 67.7 Å². The molecule has 0 aliphatic carbocycles. The molecule has 0 saturated carbocycles. The van der Waals surface area contributed by atoms with Gasteiger partial charge >= 0.3 is 13.4 Å². The Morgan fingerprint density at radius 3 is 2.69 bits per heavy atom. The van der Waals surface area contributed by atoms with Gasteiger partial charge in [-0.3, -0.25) is 28.2 Å². The summed E-state index contributed by atoms with van der Waals surface area (Å²) >= 11 is 0.856. The maximum absolute atomic E-state index is 15.3. The summed E-state index contributed by atoms with van der Waals surface area (Å²) in [4.78, 5) is 40.6. The summed E-state index contributed by atoms with van der Waals surface area (Å²) in [5.41, 5.74) is 4.02. The van der Waals surface area contributed by atoms with Crippen LogP contribution in [0.5, 0.6) is 0 Å². The Balaban J connectivity index is 2.28. The zero-order chi connectivity index (χ0) is 31.7. The number of azide groups is 1. The molecule has 238 valence electrons. The second-order valence-corrected chi connectivity index (χ2v) is 13.4. The molecule has 0 radical (unpaired) electrons. The first-order chi connectivity index (χ1) is 19.6. The molecule has 1 aliphatic heterocycles. The Kier molecular flexibility index (Phi) is 13.4. The van der Waals surface area contributed by atoms with Gasteiger partial charge in [0.2, 0.25) is 0 Å². The highest BCUT2D eigenvalue weighted by Crippen LogP contribution is 2.48. The molecular formula is C23H38FN6O10PS. The fourth-order valence-electron chi connectivity index (χ4n) is 3.61. The molecule has 1 saturated heterocycles. The van der Waals surface area contributed by atoms with Gasteiger partial charge in [0.1, 0.15) is 11.7 Å². The van der Waals surface area contributed by atoms with Crippen LogP contribution in [0.15, 0.2) is 27.0 Å². The van der Waals surface area contributed by atoms with Gasteiger partial charge in [0.25, 0.3) is 5.56 Å². The standard InChI is InChI=1S/C23H38FN6O10PS/c1-14(2)37-10-15(3)28-41(36,38-8-9-42-20(34)22(4,5)12-31)39-13-23(11-26-29-25)18(33)17(24)19(40-23)30-7-6-16(32)27-21(30)35/h6-7,14-15,17-19,31,33H,8-13H2,1-5H3,(H,28,36)(H,27,32,35)/t15?,17-,18+,19-,23-,41?/m1/s1. The van der Waals surface area contributed by atoms with Gasteiger partial charge in [-0.1, -0.05) is 16.9 Å². The smallest absolute Gasteiger partial charge is 0.395 e. The van der Waals surface area contributed by atoms with Crippen LogP contribution in [0.4, 0.5) is 4.39 Å². The van der Waals surface area contributed by atoms with Crippen LogP contribution in [0, 0.1) is 5.41 Å². The number of thioether (sulfide) groups is 1. The van der Waals surface area contributed by atoms with Gasteiger partial charge in [-0.25, -0.2) is 18.8 Å². The molecule has 0 aromatic carbocycles. The van der Waals surface area contributed by atoms with Gasteiger partial charge in [0.05, 0.1) is 44.5 Å². The summed E-state index contributed by atoms with van der Waals surface area (Å²) in [6, 6.07) is 0.356. The number of nitrogens with zero attached hydrogens (tertiary/aromatic N) is 4. The molecule has 2 unspecified atom stereocenters. The van der Waals surface area contributed by atoms with Crippen molar-refractivity contribution in [3.05, 3.63) is 43.5 Å². The van der Waals surface area contributed by atoms with Crippen molar-refractivity contribution in [3.63, 3.8) is 0 Å². The highest BCUT2D eigenvalue weighted by molar-refractivity contribution is 8.13. The van der Waals surface area contributed by atoms with E-state index >= 15 is 4.39 Å². The Bertz CT molecular complexity index is 1270. The third kappa shape index (κ3) is 9.71. The van der Waals surface area contributed by atoms with Gasteiger partial charge in [-0.05, 0) is 40.1 Å². The minimum atomic E-state index is -4.29. The molecule has 1 aliphatic rings. The number of carbonyl (C=O) groups is 1. The number of aliphatic hydroxyl groups is 2. The maximum atomic E-state index is 15.3. The number of hydrogen-bond donors (Lipinski definition) is 4. The van der Waals surface area contributed by atoms with Crippen molar-refractivity contribution >= 4 is 24.6 Å². The molecule has 0 spiro atoms. The highest BCUT2D eigenvalue weighted by Gasteiger charge is 2.57. The Hall–Kier alpha value is -2.11. The van der Waals surface area contributed by atoms with Crippen LogP contribution in [-0.2, 0) is 27.9 Å². The number of nitrogens with one attached hydrogen (secondary N) is 2. The van der Waals surface area contributed by atoms with Crippen LogP contribution in [0.1, 0.15) is 40.8 Å². The number of carbonyl (C=O) groups excluding carboxylic acids is 1. The zero-order valence-electron chi connectivity index (χ0n) is 24.0. The molecule has 1 aromatic rings. The number of H-pyrrole nitrogens is 1. The Morgan fingerprint density at radius 1 is 1.40 bits per heavy atom.